The summed E-state index contributed by atoms with van der Waals surface area (Å²) in [6, 6.07) is 5.50. The van der Waals surface area contributed by atoms with Crippen molar-refractivity contribution in [1.82, 2.24) is 0 Å². The zero-order valence-electron chi connectivity index (χ0n) is 11.7. The summed E-state index contributed by atoms with van der Waals surface area (Å²) in [6.07, 6.45) is 2.30. The second-order valence-corrected chi connectivity index (χ2v) is 5.24. The Kier molecular flexibility index (Phi) is 3.98. The van der Waals surface area contributed by atoms with E-state index in [0.717, 1.165) is 18.7 Å². The monoisotopic (exact) mass is 263 g/mol. The van der Waals surface area contributed by atoms with Crippen LogP contribution in [-0.2, 0) is 0 Å². The van der Waals surface area contributed by atoms with Gasteiger partial charge in [-0.3, -0.25) is 0 Å². The zero-order valence-corrected chi connectivity index (χ0v) is 11.7. The summed E-state index contributed by atoms with van der Waals surface area (Å²) in [5.41, 5.74) is 1.12. The van der Waals surface area contributed by atoms with Crippen molar-refractivity contribution in [3.8, 4) is 5.75 Å². The molecule has 0 saturated carbocycles. The molecular formula is C15H21NO3. The third-order valence-electron chi connectivity index (χ3n) is 4.12. The first-order chi connectivity index (χ1) is 9.04. The van der Waals surface area contributed by atoms with Gasteiger partial charge in [-0.25, -0.2) is 4.79 Å². The molecule has 1 aliphatic rings. The maximum absolute atomic E-state index is 11.4. The van der Waals surface area contributed by atoms with E-state index in [1.807, 2.05) is 6.07 Å². The number of rotatable bonds is 3. The fraction of sp³-hybridized carbons (Fsp3) is 0.533. The van der Waals surface area contributed by atoms with E-state index in [9.17, 15) is 9.90 Å². The Balaban J connectivity index is 2.43. The number of piperidine rings is 1. The van der Waals surface area contributed by atoms with E-state index >= 15 is 0 Å². The summed E-state index contributed by atoms with van der Waals surface area (Å²) < 4.78 is 5.22. The van der Waals surface area contributed by atoms with Crippen molar-refractivity contribution < 1.29 is 14.6 Å². The average molecular weight is 263 g/mol. The lowest BCUT2D eigenvalue weighted by atomic mass is 9.91. The maximum atomic E-state index is 11.4. The Morgan fingerprint density at radius 2 is 2.16 bits per heavy atom. The number of benzene rings is 1. The number of hydrogen-bond acceptors (Lipinski definition) is 3. The average Bonchev–Trinajstić information content (AvgIpc) is 2.41. The zero-order chi connectivity index (χ0) is 14.0. The van der Waals surface area contributed by atoms with Gasteiger partial charge in [-0.2, -0.15) is 0 Å². The molecule has 2 atom stereocenters. The van der Waals surface area contributed by atoms with Crippen LogP contribution in [0.15, 0.2) is 18.2 Å². The summed E-state index contributed by atoms with van der Waals surface area (Å²) in [5, 5.41) is 9.34. The predicted octanol–water partition coefficient (Wildman–Crippen LogP) is 3.02. The molecule has 0 aromatic heterocycles. The normalized spacial score (nSPS) is 23.2. The molecule has 1 heterocycles. The molecule has 1 N–H and O–H groups in total. The van der Waals surface area contributed by atoms with Crippen molar-refractivity contribution >= 4 is 11.7 Å². The highest BCUT2D eigenvalue weighted by molar-refractivity contribution is 5.95. The number of aromatic carboxylic acids is 1. The van der Waals surface area contributed by atoms with E-state index < -0.39 is 5.97 Å². The highest BCUT2D eigenvalue weighted by Gasteiger charge is 2.27. The number of nitrogens with zero attached hydrogens (tertiary/aromatic N) is 1. The number of anilines is 1. The van der Waals surface area contributed by atoms with Gasteiger partial charge in [0.15, 0.2) is 0 Å². The molecule has 0 bridgehead atoms. The second kappa shape index (κ2) is 5.51. The quantitative estimate of drug-likeness (QED) is 0.910. The van der Waals surface area contributed by atoms with Crippen LogP contribution in [-0.4, -0.2) is 30.8 Å². The van der Waals surface area contributed by atoms with Crippen molar-refractivity contribution in [3.63, 3.8) is 0 Å². The molecular weight excluding hydrogens is 242 g/mol. The molecule has 2 unspecified atom stereocenters. The van der Waals surface area contributed by atoms with E-state index in [0.29, 0.717) is 23.3 Å². The molecule has 0 amide bonds. The molecule has 19 heavy (non-hydrogen) atoms. The first-order valence-corrected chi connectivity index (χ1v) is 6.72. The molecule has 1 saturated heterocycles. The summed E-state index contributed by atoms with van der Waals surface area (Å²) in [4.78, 5) is 13.6. The molecule has 4 heteroatoms. The smallest absolute Gasteiger partial charge is 0.337 e. The first kappa shape index (κ1) is 13.7. The summed E-state index contributed by atoms with van der Waals surface area (Å²) in [7, 11) is 1.60. The number of carboxylic acids is 1. The SMILES string of the molecule is COc1ccc(C(=O)O)c(N2CCCC(C)C2C)c1. The molecule has 104 valence electrons. The van der Waals surface area contributed by atoms with Crippen molar-refractivity contribution in [3.05, 3.63) is 23.8 Å². The van der Waals surface area contributed by atoms with Gasteiger partial charge < -0.3 is 14.7 Å². The Morgan fingerprint density at radius 1 is 1.42 bits per heavy atom. The van der Waals surface area contributed by atoms with Crippen LogP contribution in [0.2, 0.25) is 0 Å². The Labute approximate surface area is 114 Å². The van der Waals surface area contributed by atoms with Gasteiger partial charge >= 0.3 is 5.97 Å². The van der Waals surface area contributed by atoms with E-state index in [2.05, 4.69) is 18.7 Å². The maximum Gasteiger partial charge on any atom is 0.337 e. The Hall–Kier alpha value is -1.71. The summed E-state index contributed by atoms with van der Waals surface area (Å²) in [6.45, 7) is 5.28. The van der Waals surface area contributed by atoms with Crippen LogP contribution in [0.3, 0.4) is 0 Å². The molecule has 0 radical (unpaired) electrons. The van der Waals surface area contributed by atoms with Crippen molar-refractivity contribution in [2.75, 3.05) is 18.6 Å². The van der Waals surface area contributed by atoms with Gasteiger partial charge in [-0.1, -0.05) is 6.92 Å². The van der Waals surface area contributed by atoms with E-state index in [4.69, 9.17) is 4.74 Å². The van der Waals surface area contributed by atoms with E-state index in [1.54, 1.807) is 19.2 Å². The summed E-state index contributed by atoms with van der Waals surface area (Å²) >= 11 is 0. The topological polar surface area (TPSA) is 49.8 Å². The number of carboxylic acid groups (broad SMARTS) is 1. The minimum absolute atomic E-state index is 0.346. The van der Waals surface area contributed by atoms with Gasteiger partial charge in [0.2, 0.25) is 0 Å². The van der Waals surface area contributed by atoms with Crippen LogP contribution in [0.4, 0.5) is 5.69 Å². The molecule has 0 aliphatic carbocycles. The highest BCUT2D eigenvalue weighted by atomic mass is 16.5. The van der Waals surface area contributed by atoms with Crippen LogP contribution < -0.4 is 9.64 Å². The minimum Gasteiger partial charge on any atom is -0.497 e. The Bertz CT molecular complexity index is 472. The van der Waals surface area contributed by atoms with Crippen LogP contribution in [0.1, 0.15) is 37.0 Å². The van der Waals surface area contributed by atoms with Gasteiger partial charge in [0.05, 0.1) is 18.4 Å². The third-order valence-corrected chi connectivity index (χ3v) is 4.12. The van der Waals surface area contributed by atoms with Crippen LogP contribution in [0.25, 0.3) is 0 Å². The van der Waals surface area contributed by atoms with Gasteiger partial charge in [-0.15, -0.1) is 0 Å². The van der Waals surface area contributed by atoms with Gasteiger partial charge in [0, 0.05) is 18.7 Å². The van der Waals surface area contributed by atoms with Crippen LogP contribution in [0, 0.1) is 5.92 Å². The molecule has 1 aromatic rings. The Morgan fingerprint density at radius 3 is 2.79 bits per heavy atom. The molecule has 1 fully saturated rings. The van der Waals surface area contributed by atoms with Gasteiger partial charge in [-0.05, 0) is 37.8 Å². The predicted molar refractivity (Wildman–Crippen MR) is 75.2 cm³/mol. The molecule has 1 aromatic carbocycles. The second-order valence-electron chi connectivity index (χ2n) is 5.24. The summed E-state index contributed by atoms with van der Waals surface area (Å²) in [5.74, 6) is 0.384. The molecule has 0 spiro atoms. The fourth-order valence-corrected chi connectivity index (χ4v) is 2.73. The van der Waals surface area contributed by atoms with E-state index in [-0.39, 0.29) is 0 Å². The number of carbonyl (C=O) groups is 1. The number of ether oxygens (including phenoxy) is 1. The standard InChI is InChI=1S/C15H21NO3/c1-10-5-4-8-16(11(10)2)14-9-12(19-3)6-7-13(14)15(17)18/h6-7,9-11H,4-5,8H2,1-3H3,(H,17,18). The molecule has 1 aliphatic heterocycles. The van der Waals surface area contributed by atoms with E-state index in [1.165, 1.54) is 6.42 Å². The van der Waals surface area contributed by atoms with Crippen LogP contribution in [0.5, 0.6) is 5.75 Å². The largest absolute Gasteiger partial charge is 0.497 e. The first-order valence-electron chi connectivity index (χ1n) is 6.72. The van der Waals surface area contributed by atoms with Gasteiger partial charge in [0.25, 0.3) is 0 Å². The van der Waals surface area contributed by atoms with Crippen molar-refractivity contribution in [2.45, 2.75) is 32.7 Å². The fourth-order valence-electron chi connectivity index (χ4n) is 2.73. The van der Waals surface area contributed by atoms with Crippen molar-refractivity contribution in [2.24, 2.45) is 5.92 Å². The lowest BCUT2D eigenvalue weighted by molar-refractivity contribution is 0.0697. The third kappa shape index (κ3) is 2.67. The highest BCUT2D eigenvalue weighted by Crippen LogP contribution is 2.33. The molecule has 4 nitrogen and oxygen atoms in total. The number of hydrogen-bond donors (Lipinski definition) is 1. The number of methoxy groups -OCH3 is 1. The van der Waals surface area contributed by atoms with Crippen LogP contribution >= 0.6 is 0 Å². The van der Waals surface area contributed by atoms with Crippen molar-refractivity contribution in [1.29, 1.82) is 0 Å². The molecule has 2 rings (SSSR count). The minimum atomic E-state index is -0.886. The van der Waals surface area contributed by atoms with Gasteiger partial charge in [0.1, 0.15) is 5.75 Å². The lowest BCUT2D eigenvalue weighted by Gasteiger charge is -2.40. The lowest BCUT2D eigenvalue weighted by Crippen LogP contribution is -2.43.